The van der Waals surface area contributed by atoms with Crippen molar-refractivity contribution in [2.45, 2.75) is 6.92 Å². The number of benzene rings is 3. The lowest BCUT2D eigenvalue weighted by atomic mass is 10.00. The lowest BCUT2D eigenvalue weighted by Gasteiger charge is -2.13. The summed E-state index contributed by atoms with van der Waals surface area (Å²) in [6.07, 6.45) is 0. The summed E-state index contributed by atoms with van der Waals surface area (Å²) in [6, 6.07) is 20.0. The number of aromatic nitrogens is 3. The predicted octanol–water partition coefficient (Wildman–Crippen LogP) is 5.47. The molecule has 0 aliphatic rings. The van der Waals surface area contributed by atoms with E-state index in [4.69, 9.17) is 19.6 Å². The van der Waals surface area contributed by atoms with Crippen LogP contribution in [0.4, 0.5) is 5.69 Å². The Morgan fingerprint density at radius 3 is 2.27 bits per heavy atom. The lowest BCUT2D eigenvalue weighted by molar-refractivity contribution is -0.384. The van der Waals surface area contributed by atoms with Crippen LogP contribution in [0.15, 0.2) is 66.7 Å². The zero-order valence-corrected chi connectivity index (χ0v) is 18.3. The second-order valence-electron chi connectivity index (χ2n) is 7.55. The van der Waals surface area contributed by atoms with Crippen molar-refractivity contribution in [2.75, 3.05) is 14.2 Å². The molecule has 3 aromatic carbocycles. The maximum atomic E-state index is 11.4. The average Bonchev–Trinajstić information content (AvgIpc) is 3.19. The van der Waals surface area contributed by atoms with Gasteiger partial charge in [0.2, 0.25) is 0 Å². The molecule has 0 fully saturated rings. The molecule has 33 heavy (non-hydrogen) atoms. The van der Waals surface area contributed by atoms with Gasteiger partial charge in [-0.05, 0) is 31.2 Å². The molecule has 5 aromatic rings. The minimum absolute atomic E-state index is 0.00392. The summed E-state index contributed by atoms with van der Waals surface area (Å²) in [4.78, 5) is 16.0. The summed E-state index contributed by atoms with van der Waals surface area (Å²) in [5, 5.41) is 18.7. The topological polar surface area (TPSA) is 92.3 Å². The van der Waals surface area contributed by atoms with Gasteiger partial charge in [-0.25, -0.2) is 9.67 Å². The Morgan fingerprint density at radius 1 is 0.909 bits per heavy atom. The summed E-state index contributed by atoms with van der Waals surface area (Å²) in [7, 11) is 3.16. The van der Waals surface area contributed by atoms with Gasteiger partial charge < -0.3 is 9.47 Å². The Balaban J connectivity index is 1.94. The van der Waals surface area contributed by atoms with Crippen molar-refractivity contribution < 1.29 is 14.4 Å². The van der Waals surface area contributed by atoms with Gasteiger partial charge in [0.05, 0.1) is 41.6 Å². The van der Waals surface area contributed by atoms with Gasteiger partial charge in [-0.15, -0.1) is 0 Å². The highest BCUT2D eigenvalue weighted by Gasteiger charge is 2.21. The molecule has 0 unspecified atom stereocenters. The van der Waals surface area contributed by atoms with Crippen LogP contribution in [0.1, 0.15) is 5.69 Å². The second-order valence-corrected chi connectivity index (χ2v) is 7.55. The van der Waals surface area contributed by atoms with Crippen LogP contribution >= 0.6 is 0 Å². The smallest absolute Gasteiger partial charge is 0.270 e. The van der Waals surface area contributed by atoms with Gasteiger partial charge in [0.1, 0.15) is 0 Å². The number of methoxy groups -OCH3 is 2. The quantitative estimate of drug-likeness (QED) is 0.266. The number of pyridine rings is 1. The third-order valence-electron chi connectivity index (χ3n) is 5.63. The first-order valence-electron chi connectivity index (χ1n) is 10.3. The van der Waals surface area contributed by atoms with Crippen molar-refractivity contribution in [1.82, 2.24) is 14.8 Å². The third kappa shape index (κ3) is 3.32. The zero-order chi connectivity index (χ0) is 23.1. The van der Waals surface area contributed by atoms with Crippen molar-refractivity contribution in [2.24, 2.45) is 0 Å². The number of hydrogen-bond acceptors (Lipinski definition) is 6. The fraction of sp³-hybridized carbons (Fsp3) is 0.120. The molecule has 5 rings (SSSR count). The number of hydrogen-bond donors (Lipinski definition) is 0. The third-order valence-corrected chi connectivity index (χ3v) is 5.63. The van der Waals surface area contributed by atoms with Gasteiger partial charge in [-0.2, -0.15) is 5.10 Å². The van der Waals surface area contributed by atoms with E-state index in [0.717, 1.165) is 27.5 Å². The van der Waals surface area contributed by atoms with E-state index in [0.29, 0.717) is 28.4 Å². The molecule has 0 radical (unpaired) electrons. The molecule has 0 N–H and O–H groups in total. The summed E-state index contributed by atoms with van der Waals surface area (Å²) in [6.45, 7) is 1.94. The van der Waals surface area contributed by atoms with E-state index < -0.39 is 4.92 Å². The van der Waals surface area contributed by atoms with E-state index in [2.05, 4.69) is 0 Å². The van der Waals surface area contributed by atoms with Crippen LogP contribution in [0.2, 0.25) is 0 Å². The second kappa shape index (κ2) is 7.90. The Bertz CT molecular complexity index is 1530. The van der Waals surface area contributed by atoms with Gasteiger partial charge in [-0.1, -0.05) is 30.3 Å². The summed E-state index contributed by atoms with van der Waals surface area (Å²) < 4.78 is 12.9. The molecule has 0 bridgehead atoms. The maximum Gasteiger partial charge on any atom is 0.270 e. The van der Waals surface area contributed by atoms with Crippen LogP contribution in [-0.4, -0.2) is 33.9 Å². The zero-order valence-electron chi connectivity index (χ0n) is 18.3. The predicted molar refractivity (Wildman–Crippen MR) is 126 cm³/mol. The molecule has 8 nitrogen and oxygen atoms in total. The number of para-hydroxylation sites is 1. The van der Waals surface area contributed by atoms with Gasteiger partial charge in [-0.3, -0.25) is 10.1 Å². The molecule has 0 aliphatic heterocycles. The molecule has 0 spiro atoms. The monoisotopic (exact) mass is 440 g/mol. The standard InChI is InChI=1S/C25H20N4O4/c1-15-23-19-13-21(32-2)22(33-3)14-20(19)24(16-8-7-11-18(12-16)29(30)31)26-25(23)28(27-15)17-9-5-4-6-10-17/h4-14H,1-3H3. The van der Waals surface area contributed by atoms with E-state index >= 15 is 0 Å². The van der Waals surface area contributed by atoms with Gasteiger partial charge in [0.15, 0.2) is 17.1 Å². The summed E-state index contributed by atoms with van der Waals surface area (Å²) in [5.74, 6) is 1.13. The highest BCUT2D eigenvalue weighted by Crippen LogP contribution is 2.41. The van der Waals surface area contributed by atoms with Crippen LogP contribution in [0.5, 0.6) is 11.5 Å². The van der Waals surface area contributed by atoms with Crippen LogP contribution in [0.25, 0.3) is 38.8 Å². The van der Waals surface area contributed by atoms with E-state index in [1.807, 2.05) is 55.5 Å². The molecular weight excluding hydrogens is 420 g/mol. The summed E-state index contributed by atoms with van der Waals surface area (Å²) >= 11 is 0. The molecule has 0 amide bonds. The van der Waals surface area contributed by atoms with E-state index in [1.54, 1.807) is 25.0 Å². The summed E-state index contributed by atoms with van der Waals surface area (Å²) in [5.41, 5.74) is 3.55. The lowest BCUT2D eigenvalue weighted by Crippen LogP contribution is -1.99. The van der Waals surface area contributed by atoms with E-state index in [-0.39, 0.29) is 5.69 Å². The normalized spacial score (nSPS) is 11.1. The SMILES string of the molecule is COc1cc2c(-c3cccc([N+](=O)[O-])c3)nc3c(c(C)nn3-c3ccccc3)c2cc1OC. The number of nitrogens with zero attached hydrogens (tertiary/aromatic N) is 4. The molecule has 0 aliphatic carbocycles. The molecule has 2 heterocycles. The van der Waals surface area contributed by atoms with E-state index in [1.165, 1.54) is 12.1 Å². The molecule has 2 aromatic heterocycles. The Morgan fingerprint density at radius 2 is 1.61 bits per heavy atom. The highest BCUT2D eigenvalue weighted by molar-refractivity contribution is 6.12. The fourth-order valence-corrected chi connectivity index (χ4v) is 4.12. The van der Waals surface area contributed by atoms with E-state index in [9.17, 15) is 10.1 Å². The number of ether oxygens (including phenoxy) is 2. The number of nitro benzene ring substituents is 1. The fourth-order valence-electron chi connectivity index (χ4n) is 4.12. The molecule has 164 valence electrons. The van der Waals surface area contributed by atoms with Gasteiger partial charge in [0, 0.05) is 28.5 Å². The minimum atomic E-state index is -0.411. The number of aryl methyl sites for hydroxylation is 1. The molecule has 0 atom stereocenters. The minimum Gasteiger partial charge on any atom is -0.493 e. The first-order valence-corrected chi connectivity index (χ1v) is 10.3. The van der Waals surface area contributed by atoms with Crippen molar-refractivity contribution in [3.63, 3.8) is 0 Å². The Hall–Kier alpha value is -4.46. The van der Waals surface area contributed by atoms with Crippen LogP contribution in [-0.2, 0) is 0 Å². The maximum absolute atomic E-state index is 11.4. The first-order chi connectivity index (χ1) is 16.0. The van der Waals surface area contributed by atoms with Crippen molar-refractivity contribution >= 4 is 27.5 Å². The van der Waals surface area contributed by atoms with Crippen LogP contribution < -0.4 is 9.47 Å². The molecule has 0 saturated carbocycles. The largest absolute Gasteiger partial charge is 0.493 e. The van der Waals surface area contributed by atoms with Crippen molar-refractivity contribution in [1.29, 1.82) is 0 Å². The Labute approximate surface area is 189 Å². The number of rotatable bonds is 5. The van der Waals surface area contributed by atoms with Gasteiger partial charge >= 0.3 is 0 Å². The van der Waals surface area contributed by atoms with Crippen molar-refractivity contribution in [3.05, 3.63) is 82.5 Å². The van der Waals surface area contributed by atoms with Crippen molar-refractivity contribution in [3.8, 4) is 28.4 Å². The highest BCUT2D eigenvalue weighted by atomic mass is 16.6. The molecule has 8 heteroatoms. The number of non-ortho nitro benzene ring substituents is 1. The molecular formula is C25H20N4O4. The number of nitro groups is 1. The van der Waals surface area contributed by atoms with Gasteiger partial charge in [0.25, 0.3) is 5.69 Å². The van der Waals surface area contributed by atoms with Crippen LogP contribution in [0.3, 0.4) is 0 Å². The average molecular weight is 440 g/mol. The number of fused-ring (bicyclic) bond motifs is 3. The first kappa shape index (κ1) is 20.4. The molecule has 0 saturated heterocycles. The van der Waals surface area contributed by atoms with Crippen LogP contribution in [0, 0.1) is 17.0 Å². The Kier molecular flexibility index (Phi) is 4.90.